The fraction of sp³-hybridized carbons (Fsp3) is 0.481. The first kappa shape index (κ1) is 31.4. The van der Waals surface area contributed by atoms with Crippen molar-refractivity contribution in [2.45, 2.75) is 42.9 Å². The quantitative estimate of drug-likeness (QED) is 0.161. The van der Waals surface area contributed by atoms with Crippen LogP contribution in [-0.2, 0) is 4.74 Å². The molecule has 0 aliphatic carbocycles. The van der Waals surface area contributed by atoms with Gasteiger partial charge in [0, 0.05) is 0 Å². The summed E-state index contributed by atoms with van der Waals surface area (Å²) in [6.45, 7) is -1.37. The topological polar surface area (TPSA) is 197 Å². The van der Waals surface area contributed by atoms with Crippen molar-refractivity contribution in [3.63, 3.8) is 0 Å². The molecule has 7 atom stereocenters. The van der Waals surface area contributed by atoms with Crippen molar-refractivity contribution in [1.29, 1.82) is 0 Å². The SMILES string of the molecule is COc1cc([C@H](O)[C@H](CO)Oc2c(OC)cc(C=CCO)cc2OC)ccc1O[C@H]1O[C@H](CO)[C@@H](O)[C@H](O)[C@H]1O. The van der Waals surface area contributed by atoms with Crippen molar-refractivity contribution in [3.8, 4) is 28.7 Å². The van der Waals surface area contributed by atoms with Crippen LogP contribution in [0.4, 0.5) is 0 Å². The largest absolute Gasteiger partial charge is 0.493 e. The van der Waals surface area contributed by atoms with E-state index < -0.39 is 56.1 Å². The maximum Gasteiger partial charge on any atom is 0.229 e. The molecule has 1 aliphatic rings. The highest BCUT2D eigenvalue weighted by Gasteiger charge is 2.45. The molecule has 2 aromatic rings. The number of aliphatic hydroxyl groups is 7. The van der Waals surface area contributed by atoms with Crippen LogP contribution in [0, 0.1) is 0 Å². The normalized spacial score (nSPS) is 24.4. The lowest BCUT2D eigenvalue weighted by Crippen LogP contribution is -2.60. The van der Waals surface area contributed by atoms with Crippen LogP contribution in [0.3, 0.4) is 0 Å². The number of ether oxygens (including phenoxy) is 6. The smallest absolute Gasteiger partial charge is 0.229 e. The van der Waals surface area contributed by atoms with Gasteiger partial charge in [-0.05, 0) is 35.4 Å². The Morgan fingerprint density at radius 3 is 2.05 bits per heavy atom. The zero-order valence-corrected chi connectivity index (χ0v) is 22.3. The number of rotatable bonds is 13. The molecule has 222 valence electrons. The van der Waals surface area contributed by atoms with E-state index >= 15 is 0 Å². The van der Waals surface area contributed by atoms with Gasteiger partial charge >= 0.3 is 0 Å². The Labute approximate surface area is 231 Å². The maximum absolute atomic E-state index is 11.1. The molecule has 40 heavy (non-hydrogen) atoms. The standard InChI is InChI=1S/C27H36O13/c1-35-17-11-15(6-7-16(17)39-27-25(34)24(33)23(32)21(13-30)40-27)22(31)20(12-29)38-26-18(36-2)9-14(5-4-8-28)10-19(26)37-3/h4-7,9-11,20-25,27-34H,8,12-13H2,1-3H3/t20-,21+,22-,23+,24-,25+,27-/m0/s1. The van der Waals surface area contributed by atoms with Crippen LogP contribution in [0.5, 0.6) is 28.7 Å². The first-order valence-electron chi connectivity index (χ1n) is 12.4. The van der Waals surface area contributed by atoms with Gasteiger partial charge in [0.25, 0.3) is 0 Å². The van der Waals surface area contributed by atoms with Crippen LogP contribution in [0.1, 0.15) is 17.2 Å². The molecule has 13 nitrogen and oxygen atoms in total. The number of hydrogen-bond acceptors (Lipinski definition) is 13. The molecule has 1 fully saturated rings. The zero-order chi connectivity index (χ0) is 29.4. The summed E-state index contributed by atoms with van der Waals surface area (Å²) in [6.07, 6.45) is -6.75. The molecule has 0 spiro atoms. The van der Waals surface area contributed by atoms with Crippen molar-refractivity contribution < 1.29 is 64.2 Å². The van der Waals surface area contributed by atoms with Crippen LogP contribution in [0.25, 0.3) is 6.08 Å². The second kappa shape index (κ2) is 14.5. The van der Waals surface area contributed by atoms with Gasteiger partial charge < -0.3 is 64.2 Å². The van der Waals surface area contributed by atoms with E-state index in [1.165, 1.54) is 45.6 Å². The van der Waals surface area contributed by atoms with Crippen molar-refractivity contribution in [2.75, 3.05) is 41.2 Å². The first-order chi connectivity index (χ1) is 19.2. The molecule has 0 saturated carbocycles. The predicted molar refractivity (Wildman–Crippen MR) is 140 cm³/mol. The number of benzene rings is 2. The van der Waals surface area contributed by atoms with Crippen molar-refractivity contribution in [1.82, 2.24) is 0 Å². The molecule has 2 aromatic carbocycles. The van der Waals surface area contributed by atoms with Crippen LogP contribution in [-0.4, -0.2) is 114 Å². The monoisotopic (exact) mass is 568 g/mol. The number of aliphatic hydroxyl groups excluding tert-OH is 7. The molecule has 7 N–H and O–H groups in total. The highest BCUT2D eigenvalue weighted by atomic mass is 16.7. The van der Waals surface area contributed by atoms with E-state index in [4.69, 9.17) is 33.5 Å². The lowest BCUT2D eigenvalue weighted by Gasteiger charge is -2.39. The van der Waals surface area contributed by atoms with Crippen LogP contribution < -0.4 is 23.7 Å². The predicted octanol–water partition coefficient (Wildman–Crippen LogP) is -0.630. The van der Waals surface area contributed by atoms with Gasteiger partial charge in [-0.3, -0.25) is 0 Å². The van der Waals surface area contributed by atoms with E-state index in [2.05, 4.69) is 0 Å². The van der Waals surface area contributed by atoms with Crippen LogP contribution in [0.2, 0.25) is 0 Å². The summed E-state index contributed by atoms with van der Waals surface area (Å²) in [5.74, 6) is 0.852. The van der Waals surface area contributed by atoms with E-state index in [0.29, 0.717) is 5.56 Å². The second-order valence-corrected chi connectivity index (χ2v) is 8.85. The summed E-state index contributed by atoms with van der Waals surface area (Å²) in [4.78, 5) is 0. The fourth-order valence-corrected chi connectivity index (χ4v) is 4.12. The van der Waals surface area contributed by atoms with Gasteiger partial charge in [-0.25, -0.2) is 0 Å². The lowest BCUT2D eigenvalue weighted by atomic mass is 9.99. The third-order valence-corrected chi connectivity index (χ3v) is 6.32. The Bertz CT molecular complexity index is 1100. The maximum atomic E-state index is 11.1. The molecule has 13 heteroatoms. The molecule has 1 heterocycles. The summed E-state index contributed by atoms with van der Waals surface area (Å²) in [6, 6.07) is 7.58. The van der Waals surface area contributed by atoms with Gasteiger partial charge in [0.1, 0.15) is 30.5 Å². The number of methoxy groups -OCH3 is 3. The zero-order valence-electron chi connectivity index (χ0n) is 22.3. The molecule has 1 saturated heterocycles. The molecule has 0 aromatic heterocycles. The highest BCUT2D eigenvalue weighted by Crippen LogP contribution is 2.41. The van der Waals surface area contributed by atoms with Gasteiger partial charge in [-0.15, -0.1) is 0 Å². The average molecular weight is 569 g/mol. The molecule has 0 radical (unpaired) electrons. The van der Waals surface area contributed by atoms with Gasteiger partial charge in [0.2, 0.25) is 12.0 Å². The molecule has 3 rings (SSSR count). The summed E-state index contributed by atoms with van der Waals surface area (Å²) in [5, 5.41) is 69.9. The fourth-order valence-electron chi connectivity index (χ4n) is 4.12. The van der Waals surface area contributed by atoms with Gasteiger partial charge in [-0.1, -0.05) is 18.2 Å². The molecule has 1 aliphatic heterocycles. The molecule has 0 amide bonds. The van der Waals surface area contributed by atoms with Crippen molar-refractivity contribution in [2.24, 2.45) is 0 Å². The van der Waals surface area contributed by atoms with E-state index in [1.807, 2.05) is 0 Å². The minimum Gasteiger partial charge on any atom is -0.493 e. The summed E-state index contributed by atoms with van der Waals surface area (Å²) < 4.78 is 33.2. The van der Waals surface area contributed by atoms with Gasteiger partial charge in [0.05, 0.1) is 41.2 Å². The lowest BCUT2D eigenvalue weighted by molar-refractivity contribution is -0.277. The molecule has 0 bridgehead atoms. The summed E-state index contributed by atoms with van der Waals surface area (Å²) in [7, 11) is 4.18. The summed E-state index contributed by atoms with van der Waals surface area (Å²) >= 11 is 0. The average Bonchev–Trinajstić information content (AvgIpc) is 2.98. The third-order valence-electron chi connectivity index (χ3n) is 6.32. The second-order valence-electron chi connectivity index (χ2n) is 8.85. The van der Waals surface area contributed by atoms with E-state index in [0.717, 1.165) is 0 Å². The third kappa shape index (κ3) is 6.95. The Morgan fingerprint density at radius 1 is 0.850 bits per heavy atom. The minimum atomic E-state index is -1.63. The molecule has 0 unspecified atom stereocenters. The van der Waals surface area contributed by atoms with Gasteiger partial charge in [-0.2, -0.15) is 0 Å². The van der Waals surface area contributed by atoms with E-state index in [1.54, 1.807) is 18.2 Å². The van der Waals surface area contributed by atoms with E-state index in [9.17, 15) is 30.6 Å². The molecular formula is C27H36O13. The molecular weight excluding hydrogens is 532 g/mol. The highest BCUT2D eigenvalue weighted by molar-refractivity contribution is 5.62. The van der Waals surface area contributed by atoms with E-state index in [-0.39, 0.29) is 40.9 Å². The van der Waals surface area contributed by atoms with Crippen LogP contribution in [0.15, 0.2) is 36.4 Å². The van der Waals surface area contributed by atoms with Crippen LogP contribution >= 0.6 is 0 Å². The first-order valence-corrected chi connectivity index (χ1v) is 12.4. The Hall–Kier alpha value is -3.14. The van der Waals surface area contributed by atoms with Crippen molar-refractivity contribution in [3.05, 3.63) is 47.5 Å². The minimum absolute atomic E-state index is 0.0686. The number of hydrogen-bond donors (Lipinski definition) is 7. The van der Waals surface area contributed by atoms with Gasteiger partial charge in [0.15, 0.2) is 29.1 Å². The Morgan fingerprint density at radius 2 is 1.50 bits per heavy atom. The Balaban J connectivity index is 1.84. The van der Waals surface area contributed by atoms with Crippen molar-refractivity contribution >= 4 is 6.08 Å². The summed E-state index contributed by atoms with van der Waals surface area (Å²) in [5.41, 5.74) is 0.938. The Kier molecular flexibility index (Phi) is 11.4.